The Morgan fingerprint density at radius 1 is 1.30 bits per heavy atom. The minimum atomic E-state index is 0.0728. The number of nitrogens with one attached hydrogen (secondary N) is 1. The van der Waals surface area contributed by atoms with E-state index in [0.29, 0.717) is 0 Å². The molecule has 1 aromatic heterocycles. The molecule has 2 rings (SSSR count). The van der Waals surface area contributed by atoms with Crippen LogP contribution in [-0.4, -0.2) is 18.8 Å². The third-order valence-electron chi connectivity index (χ3n) is 5.09. The molecule has 132 valence electrons. The molecular formula is C20H35NOS. The normalized spacial score (nSPS) is 22.4. The Morgan fingerprint density at radius 3 is 2.78 bits per heavy atom. The first-order chi connectivity index (χ1) is 11.0. The maximum Gasteiger partial charge on any atom is 0.0629 e. The first kappa shape index (κ1) is 19.0. The first-order valence-corrected chi connectivity index (χ1v) is 10.2. The zero-order chi connectivity index (χ0) is 16.7. The largest absolute Gasteiger partial charge is 0.376 e. The van der Waals surface area contributed by atoms with Gasteiger partial charge in [0.15, 0.2) is 0 Å². The fourth-order valence-corrected chi connectivity index (χ4v) is 4.43. The number of hydrogen-bond acceptors (Lipinski definition) is 3. The van der Waals surface area contributed by atoms with Crippen LogP contribution in [-0.2, 0) is 11.3 Å². The standard InChI is InChI=1S/C20H35NOS/c1-16(2)7-8-17(18-10-12-22-20(3,4)14-18)9-11-21-15-19-6-5-13-23-19/h5-6,13,16-18,21H,7-12,14-15H2,1-4H3/t17-,18+/m0/s1. The van der Waals surface area contributed by atoms with Gasteiger partial charge in [-0.3, -0.25) is 0 Å². The van der Waals surface area contributed by atoms with Gasteiger partial charge in [-0.05, 0) is 75.3 Å². The van der Waals surface area contributed by atoms with Gasteiger partial charge in [-0.2, -0.15) is 0 Å². The van der Waals surface area contributed by atoms with Crippen LogP contribution in [0, 0.1) is 17.8 Å². The minimum absolute atomic E-state index is 0.0728. The summed E-state index contributed by atoms with van der Waals surface area (Å²) in [6.45, 7) is 12.3. The Hall–Kier alpha value is -0.380. The lowest BCUT2D eigenvalue weighted by Crippen LogP contribution is -2.37. The zero-order valence-electron chi connectivity index (χ0n) is 15.4. The van der Waals surface area contributed by atoms with Crippen LogP contribution in [0.15, 0.2) is 17.5 Å². The Morgan fingerprint density at radius 2 is 2.13 bits per heavy atom. The van der Waals surface area contributed by atoms with Crippen molar-refractivity contribution >= 4 is 11.3 Å². The number of hydrogen-bond donors (Lipinski definition) is 1. The second kappa shape index (κ2) is 9.19. The Kier molecular flexibility index (Phi) is 7.58. The van der Waals surface area contributed by atoms with E-state index in [0.717, 1.165) is 37.5 Å². The lowest BCUT2D eigenvalue weighted by Gasteiger charge is -2.39. The van der Waals surface area contributed by atoms with E-state index in [4.69, 9.17) is 4.74 Å². The van der Waals surface area contributed by atoms with Crippen molar-refractivity contribution in [2.45, 2.75) is 71.9 Å². The summed E-state index contributed by atoms with van der Waals surface area (Å²) < 4.78 is 5.93. The molecule has 3 heteroatoms. The van der Waals surface area contributed by atoms with Gasteiger partial charge in [-0.25, -0.2) is 0 Å². The smallest absolute Gasteiger partial charge is 0.0629 e. The van der Waals surface area contributed by atoms with Crippen LogP contribution in [0.5, 0.6) is 0 Å². The van der Waals surface area contributed by atoms with Crippen LogP contribution in [0.4, 0.5) is 0 Å². The summed E-state index contributed by atoms with van der Waals surface area (Å²) in [6.07, 6.45) is 6.50. The highest BCUT2D eigenvalue weighted by molar-refractivity contribution is 7.09. The fourth-order valence-electron chi connectivity index (χ4n) is 3.76. The Labute approximate surface area is 147 Å². The van der Waals surface area contributed by atoms with E-state index in [2.05, 4.69) is 50.5 Å². The average Bonchev–Trinajstić information content (AvgIpc) is 2.98. The van der Waals surface area contributed by atoms with Gasteiger partial charge in [0.25, 0.3) is 0 Å². The first-order valence-electron chi connectivity index (χ1n) is 9.33. The van der Waals surface area contributed by atoms with E-state index in [1.54, 1.807) is 0 Å². The third kappa shape index (κ3) is 6.94. The lowest BCUT2D eigenvalue weighted by molar-refractivity contribution is -0.0839. The van der Waals surface area contributed by atoms with Crippen molar-refractivity contribution in [2.24, 2.45) is 17.8 Å². The number of thiophene rings is 1. The maximum absolute atomic E-state index is 5.93. The molecule has 2 nitrogen and oxygen atoms in total. The summed E-state index contributed by atoms with van der Waals surface area (Å²) in [5, 5.41) is 5.80. The van der Waals surface area contributed by atoms with E-state index >= 15 is 0 Å². The Balaban J connectivity index is 1.80. The summed E-state index contributed by atoms with van der Waals surface area (Å²) in [5.74, 6) is 2.49. The van der Waals surface area contributed by atoms with Gasteiger partial charge >= 0.3 is 0 Å². The van der Waals surface area contributed by atoms with Gasteiger partial charge in [0.1, 0.15) is 0 Å². The summed E-state index contributed by atoms with van der Waals surface area (Å²) in [7, 11) is 0. The van der Waals surface area contributed by atoms with Crippen LogP contribution in [0.1, 0.15) is 64.7 Å². The lowest BCUT2D eigenvalue weighted by atomic mass is 9.75. The van der Waals surface area contributed by atoms with Crippen molar-refractivity contribution in [3.8, 4) is 0 Å². The molecule has 0 unspecified atom stereocenters. The third-order valence-corrected chi connectivity index (χ3v) is 5.96. The molecule has 1 aromatic rings. The number of rotatable bonds is 9. The highest BCUT2D eigenvalue weighted by Gasteiger charge is 2.33. The van der Waals surface area contributed by atoms with Crippen LogP contribution in [0.25, 0.3) is 0 Å². The maximum atomic E-state index is 5.93. The highest BCUT2D eigenvalue weighted by Crippen LogP contribution is 2.37. The molecule has 0 radical (unpaired) electrons. The van der Waals surface area contributed by atoms with Crippen molar-refractivity contribution in [2.75, 3.05) is 13.2 Å². The second-order valence-corrected chi connectivity index (χ2v) is 9.17. The predicted molar refractivity (Wildman–Crippen MR) is 101 cm³/mol. The van der Waals surface area contributed by atoms with Crippen LogP contribution in [0.2, 0.25) is 0 Å². The van der Waals surface area contributed by atoms with Gasteiger partial charge in [-0.15, -0.1) is 11.3 Å². The van der Waals surface area contributed by atoms with Crippen molar-refractivity contribution in [3.05, 3.63) is 22.4 Å². The molecule has 0 bridgehead atoms. The van der Waals surface area contributed by atoms with Crippen molar-refractivity contribution in [1.29, 1.82) is 0 Å². The molecule has 1 aliphatic heterocycles. The Bertz CT molecular complexity index is 427. The average molecular weight is 338 g/mol. The van der Waals surface area contributed by atoms with E-state index < -0.39 is 0 Å². The SMILES string of the molecule is CC(C)CC[C@@H](CCNCc1cccs1)[C@@H]1CCOC(C)(C)C1. The van der Waals surface area contributed by atoms with Gasteiger partial charge in [0.2, 0.25) is 0 Å². The highest BCUT2D eigenvalue weighted by atomic mass is 32.1. The molecule has 1 fully saturated rings. The second-order valence-electron chi connectivity index (χ2n) is 8.14. The molecule has 0 aromatic carbocycles. The molecule has 2 heterocycles. The number of ether oxygens (including phenoxy) is 1. The van der Waals surface area contributed by atoms with Gasteiger partial charge in [-0.1, -0.05) is 26.3 Å². The van der Waals surface area contributed by atoms with E-state index in [-0.39, 0.29) is 5.60 Å². The molecule has 0 spiro atoms. The van der Waals surface area contributed by atoms with Crippen molar-refractivity contribution in [1.82, 2.24) is 5.32 Å². The summed E-state index contributed by atoms with van der Waals surface area (Å²) in [4.78, 5) is 1.44. The fraction of sp³-hybridized carbons (Fsp3) is 0.800. The van der Waals surface area contributed by atoms with Gasteiger partial charge < -0.3 is 10.1 Å². The minimum Gasteiger partial charge on any atom is -0.376 e. The van der Waals surface area contributed by atoms with Gasteiger partial charge in [0, 0.05) is 18.0 Å². The summed E-state index contributed by atoms with van der Waals surface area (Å²) >= 11 is 1.84. The molecule has 1 N–H and O–H groups in total. The monoisotopic (exact) mass is 337 g/mol. The van der Waals surface area contributed by atoms with Crippen LogP contribution in [0.3, 0.4) is 0 Å². The molecule has 2 atom stereocenters. The van der Waals surface area contributed by atoms with Crippen LogP contribution < -0.4 is 5.32 Å². The molecule has 0 saturated carbocycles. The summed E-state index contributed by atoms with van der Waals surface area (Å²) in [5.41, 5.74) is 0.0728. The molecule has 23 heavy (non-hydrogen) atoms. The van der Waals surface area contributed by atoms with E-state index in [1.165, 1.54) is 37.0 Å². The zero-order valence-corrected chi connectivity index (χ0v) is 16.3. The van der Waals surface area contributed by atoms with Crippen molar-refractivity contribution < 1.29 is 4.74 Å². The summed E-state index contributed by atoms with van der Waals surface area (Å²) in [6, 6.07) is 4.35. The quantitative estimate of drug-likeness (QED) is 0.602. The van der Waals surface area contributed by atoms with Crippen molar-refractivity contribution in [3.63, 3.8) is 0 Å². The molecular weight excluding hydrogens is 302 g/mol. The van der Waals surface area contributed by atoms with Crippen LogP contribution >= 0.6 is 11.3 Å². The predicted octanol–water partition coefficient (Wildman–Crippen LogP) is 5.49. The molecule has 1 saturated heterocycles. The topological polar surface area (TPSA) is 21.3 Å². The molecule has 0 amide bonds. The molecule has 1 aliphatic rings. The van der Waals surface area contributed by atoms with E-state index in [9.17, 15) is 0 Å². The van der Waals surface area contributed by atoms with E-state index in [1.807, 2.05) is 11.3 Å². The van der Waals surface area contributed by atoms with Gasteiger partial charge in [0.05, 0.1) is 5.60 Å². The molecule has 0 aliphatic carbocycles.